The quantitative estimate of drug-likeness (QED) is 0.270. The molecule has 0 aliphatic rings. The molecule has 0 heterocycles. The number of hydrogen-bond donors (Lipinski definition) is 0. The van der Waals surface area contributed by atoms with Crippen molar-refractivity contribution in [3.05, 3.63) is 35.9 Å². The third-order valence-electron chi connectivity index (χ3n) is 4.91. The van der Waals surface area contributed by atoms with Gasteiger partial charge in [-0.05, 0) is 52.0 Å². The van der Waals surface area contributed by atoms with Gasteiger partial charge in [0.25, 0.3) is 0 Å². The van der Waals surface area contributed by atoms with Gasteiger partial charge >= 0.3 is 11.9 Å². The van der Waals surface area contributed by atoms with Crippen molar-refractivity contribution in [3.8, 4) is 0 Å². The summed E-state index contributed by atoms with van der Waals surface area (Å²) in [5.74, 6) is -0.505. The van der Waals surface area contributed by atoms with E-state index in [1.807, 2.05) is 58.0 Å². The van der Waals surface area contributed by atoms with E-state index in [4.69, 9.17) is 9.47 Å². The number of benzene rings is 1. The normalized spacial score (nSPS) is 15.3. The van der Waals surface area contributed by atoms with E-state index < -0.39 is 9.74 Å². The Morgan fingerprint density at radius 3 is 2.10 bits per heavy atom. The van der Waals surface area contributed by atoms with Gasteiger partial charge in [0.2, 0.25) is 0 Å². The van der Waals surface area contributed by atoms with Crippen LogP contribution in [0.2, 0.25) is 0 Å². The van der Waals surface area contributed by atoms with Gasteiger partial charge in [-0.2, -0.15) is 0 Å². The van der Waals surface area contributed by atoms with Crippen molar-refractivity contribution in [2.45, 2.75) is 50.8 Å². The summed E-state index contributed by atoms with van der Waals surface area (Å²) >= 11 is 3.61. The van der Waals surface area contributed by atoms with Crippen molar-refractivity contribution < 1.29 is 23.5 Å². The summed E-state index contributed by atoms with van der Waals surface area (Å²) in [6.07, 6.45) is 1.09. The first-order valence-electron chi connectivity index (χ1n) is 10.2. The summed E-state index contributed by atoms with van der Waals surface area (Å²) in [7, 11) is 6.18. The van der Waals surface area contributed by atoms with E-state index in [1.54, 1.807) is 0 Å². The number of ether oxygens (including phenoxy) is 2. The molecule has 2 atom stereocenters. The minimum Gasteiger partial charge on any atom is -0.466 e. The van der Waals surface area contributed by atoms with Crippen molar-refractivity contribution in [3.63, 3.8) is 0 Å². The molecule has 164 valence electrons. The number of alkyl halides is 1. The van der Waals surface area contributed by atoms with Gasteiger partial charge in [-0.1, -0.05) is 46.3 Å². The standard InChI is InChI=1S/C23H37BrNO4/c1-8-28-20(26)22(2,3)16-19(18-12-10-9-11-13-18)17-23(4,24)21(27)29-15-14-25(5,6)7/h9-13,19H,8,14-17H2,1-7H3/q+1. The number of quaternary nitrogens is 1. The first-order chi connectivity index (χ1) is 13.3. The fraction of sp³-hybridized carbons (Fsp3) is 0.652. The topological polar surface area (TPSA) is 52.6 Å². The second-order valence-corrected chi connectivity index (χ2v) is 11.2. The van der Waals surface area contributed by atoms with Crippen LogP contribution in [0.15, 0.2) is 30.3 Å². The Labute approximate surface area is 184 Å². The second-order valence-electron chi connectivity index (χ2n) is 9.47. The summed E-state index contributed by atoms with van der Waals surface area (Å²) in [6, 6.07) is 9.99. The lowest BCUT2D eigenvalue weighted by Gasteiger charge is -2.32. The van der Waals surface area contributed by atoms with Crippen LogP contribution in [0.25, 0.3) is 0 Å². The smallest absolute Gasteiger partial charge is 0.322 e. The summed E-state index contributed by atoms with van der Waals surface area (Å²) in [4.78, 5) is 25.2. The molecule has 0 saturated carbocycles. The number of nitrogens with zero attached hydrogens (tertiary/aromatic N) is 1. The number of likely N-dealkylation sites (N-methyl/N-ethyl adjacent to an activating group) is 1. The molecular formula is C23H37BrNO4+. The molecule has 1 rings (SSSR count). The van der Waals surface area contributed by atoms with Crippen LogP contribution in [0.4, 0.5) is 0 Å². The number of hydrogen-bond acceptors (Lipinski definition) is 4. The van der Waals surface area contributed by atoms with E-state index >= 15 is 0 Å². The lowest BCUT2D eigenvalue weighted by atomic mass is 9.76. The average Bonchev–Trinajstić information content (AvgIpc) is 2.60. The molecule has 5 nitrogen and oxygen atoms in total. The van der Waals surface area contributed by atoms with Gasteiger partial charge in [-0.15, -0.1) is 0 Å². The molecule has 0 fully saturated rings. The largest absolute Gasteiger partial charge is 0.466 e. The van der Waals surface area contributed by atoms with Crippen LogP contribution >= 0.6 is 15.9 Å². The molecule has 29 heavy (non-hydrogen) atoms. The SMILES string of the molecule is CCOC(=O)C(C)(C)CC(CC(C)(Br)C(=O)OCC[N+](C)(C)C)c1ccccc1. The van der Waals surface area contributed by atoms with Crippen molar-refractivity contribution in [2.24, 2.45) is 5.41 Å². The van der Waals surface area contributed by atoms with Crippen molar-refractivity contribution >= 4 is 27.9 Å². The second kappa shape index (κ2) is 10.6. The number of carbonyl (C=O) groups excluding carboxylic acids is 2. The highest BCUT2D eigenvalue weighted by Gasteiger charge is 2.39. The van der Waals surface area contributed by atoms with Gasteiger partial charge < -0.3 is 14.0 Å². The maximum absolute atomic E-state index is 12.8. The van der Waals surface area contributed by atoms with E-state index in [-0.39, 0.29) is 17.9 Å². The summed E-state index contributed by atoms with van der Waals surface area (Å²) in [6.45, 7) is 8.91. The zero-order chi connectivity index (χ0) is 22.3. The molecule has 0 spiro atoms. The lowest BCUT2D eigenvalue weighted by Crippen LogP contribution is -2.40. The molecule has 0 radical (unpaired) electrons. The van der Waals surface area contributed by atoms with Crippen LogP contribution in [-0.2, 0) is 19.1 Å². The van der Waals surface area contributed by atoms with Crippen molar-refractivity contribution in [2.75, 3.05) is 40.9 Å². The Bertz CT molecular complexity index is 665. The van der Waals surface area contributed by atoms with Gasteiger partial charge in [-0.3, -0.25) is 9.59 Å². The van der Waals surface area contributed by atoms with E-state index in [0.717, 1.165) is 16.6 Å². The summed E-state index contributed by atoms with van der Waals surface area (Å²) in [5.41, 5.74) is 0.433. The average molecular weight is 471 g/mol. The molecule has 6 heteroatoms. The van der Waals surface area contributed by atoms with Gasteiger partial charge in [0, 0.05) is 0 Å². The molecule has 1 aromatic carbocycles. The minimum absolute atomic E-state index is 0.00840. The van der Waals surface area contributed by atoms with Gasteiger partial charge in [0.05, 0.1) is 33.2 Å². The van der Waals surface area contributed by atoms with E-state index in [9.17, 15) is 9.59 Å². The first-order valence-corrected chi connectivity index (χ1v) is 11.0. The molecule has 0 aliphatic carbocycles. The predicted molar refractivity (Wildman–Crippen MR) is 120 cm³/mol. The zero-order valence-electron chi connectivity index (χ0n) is 19.0. The van der Waals surface area contributed by atoms with E-state index in [1.165, 1.54) is 0 Å². The Morgan fingerprint density at radius 2 is 1.59 bits per heavy atom. The fourth-order valence-electron chi connectivity index (χ4n) is 3.17. The fourth-order valence-corrected chi connectivity index (χ4v) is 3.67. The van der Waals surface area contributed by atoms with Gasteiger partial charge in [-0.25, -0.2) is 0 Å². The Kier molecular flexibility index (Phi) is 9.35. The molecule has 0 bridgehead atoms. The van der Waals surface area contributed by atoms with Gasteiger partial charge in [0.15, 0.2) is 0 Å². The molecule has 0 N–H and O–H groups in total. The van der Waals surface area contributed by atoms with Crippen LogP contribution in [-0.4, -0.2) is 61.6 Å². The zero-order valence-corrected chi connectivity index (χ0v) is 20.5. The van der Waals surface area contributed by atoms with Crippen LogP contribution in [0.1, 0.15) is 52.0 Å². The predicted octanol–water partition coefficient (Wildman–Crippen LogP) is 4.54. The third-order valence-corrected chi connectivity index (χ3v) is 5.55. The highest BCUT2D eigenvalue weighted by molar-refractivity contribution is 9.10. The highest BCUT2D eigenvalue weighted by Crippen LogP contribution is 2.40. The number of rotatable bonds is 11. The minimum atomic E-state index is -0.844. The Hall–Kier alpha value is -1.40. The molecule has 0 aromatic heterocycles. The van der Waals surface area contributed by atoms with Crippen molar-refractivity contribution in [1.82, 2.24) is 0 Å². The third kappa shape index (κ3) is 8.87. The lowest BCUT2D eigenvalue weighted by molar-refractivity contribution is -0.870. The number of esters is 2. The summed E-state index contributed by atoms with van der Waals surface area (Å²) in [5, 5.41) is 0. The van der Waals surface area contributed by atoms with Gasteiger partial charge in [0.1, 0.15) is 17.5 Å². The highest BCUT2D eigenvalue weighted by atomic mass is 79.9. The van der Waals surface area contributed by atoms with Crippen LogP contribution in [0.5, 0.6) is 0 Å². The van der Waals surface area contributed by atoms with Crippen LogP contribution in [0.3, 0.4) is 0 Å². The first kappa shape index (κ1) is 25.6. The van der Waals surface area contributed by atoms with E-state index in [2.05, 4.69) is 37.1 Å². The molecule has 2 unspecified atom stereocenters. The monoisotopic (exact) mass is 470 g/mol. The number of halogens is 1. The van der Waals surface area contributed by atoms with Crippen molar-refractivity contribution in [1.29, 1.82) is 0 Å². The Balaban J connectivity index is 2.96. The molecule has 1 aromatic rings. The van der Waals surface area contributed by atoms with E-state index in [0.29, 0.717) is 26.1 Å². The summed E-state index contributed by atoms with van der Waals surface area (Å²) < 4.78 is 10.7. The molecule has 0 amide bonds. The van der Waals surface area contributed by atoms with Crippen LogP contribution < -0.4 is 0 Å². The van der Waals surface area contributed by atoms with Crippen LogP contribution in [0, 0.1) is 5.41 Å². The number of carbonyl (C=O) groups is 2. The maximum atomic E-state index is 12.8. The molecule has 0 aliphatic heterocycles. The molecule has 0 saturated heterocycles. The maximum Gasteiger partial charge on any atom is 0.322 e. The molecular weight excluding hydrogens is 434 g/mol. The Morgan fingerprint density at radius 1 is 1.00 bits per heavy atom.